The number of pyridine rings is 2. The number of aromatic nitrogens is 2. The molecule has 0 saturated carbocycles. The maximum Gasteiger partial charge on any atom is 0.139 e. The van der Waals surface area contributed by atoms with Crippen molar-refractivity contribution in [1.82, 2.24) is 9.97 Å². The molecule has 0 aliphatic carbocycles. The van der Waals surface area contributed by atoms with Gasteiger partial charge < -0.3 is 4.74 Å². The Hall–Kier alpha value is -4.44. The third kappa shape index (κ3) is 4.46. The Bertz CT molecular complexity index is 1250. The molecule has 0 radical (unpaired) electrons. The first-order valence-corrected chi connectivity index (χ1v) is 10.8. The first-order chi connectivity index (χ1) is 16.3. The molecule has 5 aromatic rings. The molecule has 0 N–H and O–H groups in total. The normalized spacial score (nSPS) is 10.6. The predicted octanol–water partition coefficient (Wildman–Crippen LogP) is 7.29. The molecule has 2 heterocycles. The number of methoxy groups -OCH3 is 1. The summed E-state index contributed by atoms with van der Waals surface area (Å²) < 4.78 is 5.36. The van der Waals surface area contributed by atoms with Crippen LogP contribution in [0.2, 0.25) is 0 Å². The van der Waals surface area contributed by atoms with Crippen LogP contribution in [0, 0.1) is 0 Å². The van der Waals surface area contributed by atoms with Gasteiger partial charge in [0.05, 0.1) is 18.5 Å². The lowest BCUT2D eigenvalue weighted by Crippen LogP contribution is -2.13. The SMILES string of the molecule is COc1ccc(N(c2cccc(-c3ccccc3)n2)c2cccc(-c3ccccc3)n2)cc1. The third-order valence-corrected chi connectivity index (χ3v) is 5.40. The van der Waals surface area contributed by atoms with Crippen LogP contribution in [0.1, 0.15) is 0 Å². The van der Waals surface area contributed by atoms with Crippen molar-refractivity contribution in [3.8, 4) is 28.3 Å². The van der Waals surface area contributed by atoms with Crippen LogP contribution in [0.15, 0.2) is 121 Å². The van der Waals surface area contributed by atoms with E-state index in [0.29, 0.717) is 0 Å². The molecule has 0 amide bonds. The van der Waals surface area contributed by atoms with Crippen LogP contribution in [0.3, 0.4) is 0 Å². The Kier molecular flexibility index (Phi) is 5.81. The number of anilines is 3. The lowest BCUT2D eigenvalue weighted by Gasteiger charge is -2.24. The lowest BCUT2D eigenvalue weighted by molar-refractivity contribution is 0.415. The van der Waals surface area contributed by atoms with Gasteiger partial charge >= 0.3 is 0 Å². The summed E-state index contributed by atoms with van der Waals surface area (Å²) >= 11 is 0. The van der Waals surface area contributed by atoms with Crippen molar-refractivity contribution >= 4 is 17.3 Å². The molecule has 0 spiro atoms. The molecular formula is C29H23N3O. The fourth-order valence-corrected chi connectivity index (χ4v) is 3.75. The minimum absolute atomic E-state index is 0.791. The molecule has 0 unspecified atom stereocenters. The molecule has 3 aromatic carbocycles. The standard InChI is InChI=1S/C29H23N3O/c1-33-25-20-18-24(19-21-25)32(28-16-8-14-26(30-28)22-10-4-2-5-11-22)29-17-9-15-27(31-29)23-12-6-3-7-13-23/h2-21H,1H3. The molecular weight excluding hydrogens is 406 g/mol. The summed E-state index contributed by atoms with van der Waals surface area (Å²) in [4.78, 5) is 12.1. The molecule has 4 nitrogen and oxygen atoms in total. The molecule has 160 valence electrons. The molecule has 0 bridgehead atoms. The first-order valence-electron chi connectivity index (χ1n) is 10.8. The highest BCUT2D eigenvalue weighted by atomic mass is 16.5. The van der Waals surface area contributed by atoms with Gasteiger partial charge in [0.2, 0.25) is 0 Å². The summed E-state index contributed by atoms with van der Waals surface area (Å²) in [6, 6.07) is 40.5. The number of hydrogen-bond acceptors (Lipinski definition) is 4. The Morgan fingerprint density at radius 3 is 1.45 bits per heavy atom. The van der Waals surface area contributed by atoms with Crippen molar-refractivity contribution in [3.63, 3.8) is 0 Å². The average molecular weight is 430 g/mol. The summed E-state index contributed by atoms with van der Waals surface area (Å²) in [5.74, 6) is 2.38. The van der Waals surface area contributed by atoms with Crippen LogP contribution in [0.5, 0.6) is 5.75 Å². The van der Waals surface area contributed by atoms with E-state index in [9.17, 15) is 0 Å². The van der Waals surface area contributed by atoms with Crippen molar-refractivity contribution < 1.29 is 4.74 Å². The molecule has 2 aromatic heterocycles. The molecule has 0 aliphatic rings. The minimum atomic E-state index is 0.791. The first kappa shape index (κ1) is 20.5. The monoisotopic (exact) mass is 429 g/mol. The molecule has 0 fully saturated rings. The second kappa shape index (κ2) is 9.37. The van der Waals surface area contributed by atoms with Crippen LogP contribution < -0.4 is 9.64 Å². The number of benzene rings is 3. The quantitative estimate of drug-likeness (QED) is 0.284. The highest BCUT2D eigenvalue weighted by Gasteiger charge is 2.17. The Balaban J connectivity index is 1.64. The van der Waals surface area contributed by atoms with E-state index in [0.717, 1.165) is 45.6 Å². The Morgan fingerprint density at radius 1 is 0.515 bits per heavy atom. The van der Waals surface area contributed by atoms with Crippen LogP contribution in [-0.4, -0.2) is 17.1 Å². The largest absolute Gasteiger partial charge is 0.497 e. The van der Waals surface area contributed by atoms with Gasteiger partial charge in [0.15, 0.2) is 0 Å². The second-order valence-corrected chi connectivity index (χ2v) is 7.53. The fourth-order valence-electron chi connectivity index (χ4n) is 3.75. The second-order valence-electron chi connectivity index (χ2n) is 7.53. The smallest absolute Gasteiger partial charge is 0.139 e. The van der Waals surface area contributed by atoms with Gasteiger partial charge in [-0.2, -0.15) is 0 Å². The van der Waals surface area contributed by atoms with Crippen LogP contribution in [-0.2, 0) is 0 Å². The van der Waals surface area contributed by atoms with E-state index in [-0.39, 0.29) is 0 Å². The highest BCUT2D eigenvalue weighted by molar-refractivity contribution is 5.75. The third-order valence-electron chi connectivity index (χ3n) is 5.40. The minimum Gasteiger partial charge on any atom is -0.497 e. The van der Waals surface area contributed by atoms with Crippen molar-refractivity contribution in [1.29, 1.82) is 0 Å². The predicted molar refractivity (Wildman–Crippen MR) is 134 cm³/mol. The zero-order valence-electron chi connectivity index (χ0n) is 18.3. The number of rotatable bonds is 6. The number of nitrogens with zero attached hydrogens (tertiary/aromatic N) is 3. The molecule has 5 rings (SSSR count). The van der Waals surface area contributed by atoms with Crippen molar-refractivity contribution in [3.05, 3.63) is 121 Å². The average Bonchev–Trinajstić information content (AvgIpc) is 2.91. The molecule has 0 aliphatic heterocycles. The summed E-state index contributed by atoms with van der Waals surface area (Å²) in [6.45, 7) is 0. The maximum atomic E-state index is 5.36. The van der Waals surface area contributed by atoms with Crippen LogP contribution in [0.25, 0.3) is 22.5 Å². The zero-order chi connectivity index (χ0) is 22.5. The molecule has 0 atom stereocenters. The van der Waals surface area contributed by atoms with Gasteiger partial charge in [-0.3, -0.25) is 4.90 Å². The van der Waals surface area contributed by atoms with E-state index < -0.39 is 0 Å². The van der Waals surface area contributed by atoms with E-state index in [1.807, 2.05) is 97.1 Å². The topological polar surface area (TPSA) is 38.2 Å². The van der Waals surface area contributed by atoms with E-state index in [1.165, 1.54) is 0 Å². The summed E-state index contributed by atoms with van der Waals surface area (Å²) in [5.41, 5.74) is 4.91. The number of ether oxygens (including phenoxy) is 1. The molecule has 4 heteroatoms. The summed E-state index contributed by atoms with van der Waals surface area (Å²) in [6.07, 6.45) is 0. The molecule has 33 heavy (non-hydrogen) atoms. The van der Waals surface area contributed by atoms with Gasteiger partial charge in [0.25, 0.3) is 0 Å². The number of hydrogen-bond donors (Lipinski definition) is 0. The van der Waals surface area contributed by atoms with E-state index in [2.05, 4.69) is 29.2 Å². The maximum absolute atomic E-state index is 5.36. The van der Waals surface area contributed by atoms with Gasteiger partial charge in [0, 0.05) is 16.8 Å². The van der Waals surface area contributed by atoms with Crippen molar-refractivity contribution in [2.45, 2.75) is 0 Å². The summed E-state index contributed by atoms with van der Waals surface area (Å²) in [7, 11) is 1.67. The highest BCUT2D eigenvalue weighted by Crippen LogP contribution is 2.35. The lowest BCUT2D eigenvalue weighted by atomic mass is 10.1. The fraction of sp³-hybridized carbons (Fsp3) is 0.0345. The van der Waals surface area contributed by atoms with Gasteiger partial charge in [-0.05, 0) is 48.5 Å². The van der Waals surface area contributed by atoms with E-state index >= 15 is 0 Å². The van der Waals surface area contributed by atoms with Crippen molar-refractivity contribution in [2.75, 3.05) is 12.0 Å². The van der Waals surface area contributed by atoms with E-state index in [4.69, 9.17) is 14.7 Å². The van der Waals surface area contributed by atoms with Crippen LogP contribution >= 0.6 is 0 Å². The van der Waals surface area contributed by atoms with Gasteiger partial charge in [-0.15, -0.1) is 0 Å². The van der Waals surface area contributed by atoms with E-state index in [1.54, 1.807) is 7.11 Å². The molecule has 0 saturated heterocycles. The Labute approximate surface area is 193 Å². The Morgan fingerprint density at radius 2 is 1.00 bits per heavy atom. The van der Waals surface area contributed by atoms with Gasteiger partial charge in [0.1, 0.15) is 17.4 Å². The van der Waals surface area contributed by atoms with Crippen molar-refractivity contribution in [2.24, 2.45) is 0 Å². The van der Waals surface area contributed by atoms with Gasteiger partial charge in [-0.1, -0.05) is 72.8 Å². The van der Waals surface area contributed by atoms with Crippen LogP contribution in [0.4, 0.5) is 17.3 Å². The zero-order valence-corrected chi connectivity index (χ0v) is 18.3. The summed E-state index contributed by atoms with van der Waals surface area (Å²) in [5, 5.41) is 0. The van der Waals surface area contributed by atoms with Gasteiger partial charge in [-0.25, -0.2) is 9.97 Å².